The summed E-state index contributed by atoms with van der Waals surface area (Å²) in [6.45, 7) is 1.68. The summed E-state index contributed by atoms with van der Waals surface area (Å²) >= 11 is 3.96. The molecule has 7 aliphatic rings. The molecule has 1 spiro atoms. The Morgan fingerprint density at radius 3 is 2.07 bits per heavy atom. The molecule has 15 heavy (non-hydrogen) atoms. The highest BCUT2D eigenvalue weighted by molar-refractivity contribution is 9.09. The van der Waals surface area contributed by atoms with Crippen molar-refractivity contribution in [3.8, 4) is 0 Å². The lowest BCUT2D eigenvalue weighted by atomic mass is 9.41. The predicted molar refractivity (Wildman–Crippen MR) is 55.3 cm³/mol. The molecule has 0 amide bonds. The van der Waals surface area contributed by atoms with Crippen LogP contribution in [0.25, 0.3) is 0 Å². The summed E-state index contributed by atoms with van der Waals surface area (Å²) in [6, 6.07) is 0. The zero-order chi connectivity index (χ0) is 9.52. The van der Waals surface area contributed by atoms with Crippen LogP contribution in [-0.2, 0) is 9.47 Å². The van der Waals surface area contributed by atoms with Crippen molar-refractivity contribution >= 4 is 15.9 Å². The number of ether oxygens (including phenoxy) is 2. The highest BCUT2D eigenvalue weighted by atomic mass is 79.9. The van der Waals surface area contributed by atoms with Crippen LogP contribution < -0.4 is 0 Å². The fraction of sp³-hybridized carbons (Fsp3) is 1.00. The van der Waals surface area contributed by atoms with Crippen molar-refractivity contribution in [2.45, 2.75) is 10.6 Å². The van der Waals surface area contributed by atoms with Crippen LogP contribution in [0.5, 0.6) is 0 Å². The highest BCUT2D eigenvalue weighted by Gasteiger charge is 2.94. The lowest BCUT2D eigenvalue weighted by Crippen LogP contribution is -2.61. The Morgan fingerprint density at radius 1 is 0.800 bits per heavy atom. The first-order valence-electron chi connectivity index (χ1n) is 6.28. The van der Waals surface area contributed by atoms with E-state index in [4.69, 9.17) is 9.47 Å². The minimum atomic E-state index is -0.0849. The van der Waals surface area contributed by atoms with Crippen LogP contribution in [0, 0.1) is 47.3 Å². The number of hydrogen-bond acceptors (Lipinski definition) is 2. The number of alkyl halides is 1. The maximum atomic E-state index is 6.09. The number of hydrogen-bond donors (Lipinski definition) is 0. The van der Waals surface area contributed by atoms with Crippen molar-refractivity contribution in [2.75, 3.05) is 13.2 Å². The Bertz CT molecular complexity index is 389. The van der Waals surface area contributed by atoms with E-state index in [1.165, 1.54) is 0 Å². The summed E-state index contributed by atoms with van der Waals surface area (Å²) in [5.41, 5.74) is 0. The van der Waals surface area contributed by atoms with Crippen LogP contribution >= 0.6 is 15.9 Å². The molecule has 7 fully saturated rings. The van der Waals surface area contributed by atoms with E-state index in [2.05, 4.69) is 15.9 Å². The Kier molecular flexibility index (Phi) is 0.946. The second-order valence-electron chi connectivity index (χ2n) is 6.38. The van der Waals surface area contributed by atoms with Crippen molar-refractivity contribution in [3.05, 3.63) is 0 Å². The van der Waals surface area contributed by atoms with Crippen LogP contribution in [0.2, 0.25) is 0 Å². The van der Waals surface area contributed by atoms with Crippen molar-refractivity contribution in [2.24, 2.45) is 47.3 Å². The van der Waals surface area contributed by atoms with E-state index in [0.717, 1.165) is 65.4 Å². The average molecular weight is 269 g/mol. The SMILES string of the molecule is Br[C@H]1[C@@H]2[C@@H]3[C@@H]4[C@@H]2[C@H]2[C@H]1[C@@H]3[C@@H]4C21OCCO1. The van der Waals surface area contributed by atoms with Gasteiger partial charge in [-0.05, 0) is 35.5 Å². The summed E-state index contributed by atoms with van der Waals surface area (Å²) in [5.74, 6) is 7.38. The molecule has 0 aromatic heterocycles. The minimum absolute atomic E-state index is 0.0849. The summed E-state index contributed by atoms with van der Waals surface area (Å²) < 4.78 is 12.2. The topological polar surface area (TPSA) is 18.5 Å². The zero-order valence-corrected chi connectivity index (χ0v) is 9.89. The summed E-state index contributed by atoms with van der Waals surface area (Å²) in [6.07, 6.45) is 0. The van der Waals surface area contributed by atoms with Crippen molar-refractivity contribution in [3.63, 3.8) is 0 Å². The molecule has 1 aliphatic heterocycles. The lowest BCUT2D eigenvalue weighted by molar-refractivity contribution is -0.226. The molecule has 0 N–H and O–H groups in total. The molecule has 0 unspecified atom stereocenters. The molecule has 0 aromatic carbocycles. The molecule has 9 atom stereocenters. The van der Waals surface area contributed by atoms with Gasteiger partial charge in [-0.25, -0.2) is 0 Å². The molecule has 1 heterocycles. The third kappa shape index (κ3) is 0.460. The van der Waals surface area contributed by atoms with E-state index in [-0.39, 0.29) is 5.79 Å². The summed E-state index contributed by atoms with van der Waals surface area (Å²) in [7, 11) is 0. The van der Waals surface area contributed by atoms with Gasteiger partial charge in [0.2, 0.25) is 0 Å². The first kappa shape index (κ1) is 7.67. The molecule has 6 saturated carbocycles. The standard InChI is InChI=1S/C12H13BrO2/c13-11-7-3-4-6(7)10-8(11)5(3)9(4)12(10)14-1-2-15-12/h3-11H,1-2H2/t3-,4-,5-,6+,7-,8-,9-,10+,11+/m1/s1. The van der Waals surface area contributed by atoms with Crippen LogP contribution in [-0.4, -0.2) is 23.8 Å². The number of rotatable bonds is 0. The van der Waals surface area contributed by atoms with Gasteiger partial charge in [-0.3, -0.25) is 0 Å². The molecule has 80 valence electrons. The molecule has 1 saturated heterocycles. The normalized spacial score (nSPS) is 77.8. The van der Waals surface area contributed by atoms with Gasteiger partial charge in [0.25, 0.3) is 0 Å². The molecule has 3 heteroatoms. The molecule has 4 bridgehead atoms. The largest absolute Gasteiger partial charge is 0.347 e. The maximum Gasteiger partial charge on any atom is 0.175 e. The fourth-order valence-corrected chi connectivity index (χ4v) is 8.30. The van der Waals surface area contributed by atoms with Crippen LogP contribution in [0.1, 0.15) is 0 Å². The molecule has 0 radical (unpaired) electrons. The zero-order valence-electron chi connectivity index (χ0n) is 8.30. The van der Waals surface area contributed by atoms with Crippen molar-refractivity contribution in [1.82, 2.24) is 0 Å². The molecular weight excluding hydrogens is 256 g/mol. The van der Waals surface area contributed by atoms with E-state index < -0.39 is 0 Å². The number of halogens is 1. The predicted octanol–water partition coefficient (Wildman–Crippen LogP) is 1.49. The average Bonchev–Trinajstić information content (AvgIpc) is 2.87. The van der Waals surface area contributed by atoms with Gasteiger partial charge in [0.05, 0.1) is 13.2 Å². The third-order valence-corrected chi connectivity index (χ3v) is 7.95. The first-order chi connectivity index (χ1) is 7.36. The quantitative estimate of drug-likeness (QED) is 0.620. The van der Waals surface area contributed by atoms with Gasteiger partial charge >= 0.3 is 0 Å². The highest BCUT2D eigenvalue weighted by Crippen LogP contribution is 2.92. The lowest BCUT2D eigenvalue weighted by Gasteiger charge is -2.63. The molecule has 0 aromatic rings. The van der Waals surface area contributed by atoms with Gasteiger partial charge in [0.1, 0.15) is 0 Å². The second kappa shape index (κ2) is 1.85. The Morgan fingerprint density at radius 2 is 1.40 bits per heavy atom. The molecular formula is C12H13BrO2. The van der Waals surface area contributed by atoms with Gasteiger partial charge in [0, 0.05) is 16.7 Å². The molecule has 7 rings (SSSR count). The minimum Gasteiger partial charge on any atom is -0.347 e. The van der Waals surface area contributed by atoms with Crippen molar-refractivity contribution < 1.29 is 9.47 Å². The summed E-state index contributed by atoms with van der Waals surface area (Å²) in [4.78, 5) is 0.802. The Hall–Kier alpha value is 0.400. The van der Waals surface area contributed by atoms with Crippen LogP contribution in [0.15, 0.2) is 0 Å². The molecule has 6 aliphatic carbocycles. The van der Waals surface area contributed by atoms with Gasteiger partial charge in [-0.1, -0.05) is 15.9 Å². The second-order valence-corrected chi connectivity index (χ2v) is 7.44. The van der Waals surface area contributed by atoms with Crippen molar-refractivity contribution in [1.29, 1.82) is 0 Å². The Labute approximate surface area is 96.8 Å². The smallest absolute Gasteiger partial charge is 0.175 e. The third-order valence-electron chi connectivity index (χ3n) is 6.73. The van der Waals surface area contributed by atoms with Gasteiger partial charge in [-0.15, -0.1) is 0 Å². The van der Waals surface area contributed by atoms with Crippen LogP contribution in [0.3, 0.4) is 0 Å². The van der Waals surface area contributed by atoms with E-state index in [9.17, 15) is 0 Å². The molecule has 2 nitrogen and oxygen atoms in total. The van der Waals surface area contributed by atoms with Gasteiger partial charge < -0.3 is 9.47 Å². The van der Waals surface area contributed by atoms with E-state index >= 15 is 0 Å². The Balaban J connectivity index is 1.63. The van der Waals surface area contributed by atoms with E-state index in [1.807, 2.05) is 0 Å². The van der Waals surface area contributed by atoms with Gasteiger partial charge in [-0.2, -0.15) is 0 Å². The van der Waals surface area contributed by atoms with Crippen LogP contribution in [0.4, 0.5) is 0 Å². The van der Waals surface area contributed by atoms with E-state index in [0.29, 0.717) is 0 Å². The maximum absolute atomic E-state index is 6.09. The fourth-order valence-electron chi connectivity index (χ4n) is 6.91. The van der Waals surface area contributed by atoms with E-state index in [1.54, 1.807) is 0 Å². The van der Waals surface area contributed by atoms with Gasteiger partial charge in [0.15, 0.2) is 5.79 Å². The monoisotopic (exact) mass is 268 g/mol. The summed E-state index contributed by atoms with van der Waals surface area (Å²) in [5, 5.41) is 0. The first-order valence-corrected chi connectivity index (χ1v) is 7.20.